The van der Waals surface area contributed by atoms with E-state index < -0.39 is 0 Å². The third kappa shape index (κ3) is 5.77. The molecule has 2 aliphatic rings. The molecular formula is C17H31N4OS+. The summed E-state index contributed by atoms with van der Waals surface area (Å²) in [6.07, 6.45) is 3.43. The lowest BCUT2D eigenvalue weighted by Gasteiger charge is -2.34. The maximum atomic E-state index is 11.8. The molecule has 1 fully saturated rings. The van der Waals surface area contributed by atoms with Gasteiger partial charge in [0.25, 0.3) is 0 Å². The van der Waals surface area contributed by atoms with E-state index in [4.69, 9.17) is 12.2 Å². The first-order valence-corrected chi connectivity index (χ1v) is 9.14. The van der Waals surface area contributed by atoms with E-state index in [1.807, 2.05) is 0 Å². The second-order valence-corrected chi connectivity index (χ2v) is 7.79. The van der Waals surface area contributed by atoms with Gasteiger partial charge in [0.15, 0.2) is 10.9 Å². The second kappa shape index (κ2) is 8.11. The van der Waals surface area contributed by atoms with Gasteiger partial charge in [-0.2, -0.15) is 0 Å². The molecule has 1 aliphatic carbocycles. The van der Waals surface area contributed by atoms with Crippen molar-refractivity contribution in [1.29, 1.82) is 0 Å². The van der Waals surface area contributed by atoms with Crippen molar-refractivity contribution >= 4 is 23.1 Å². The van der Waals surface area contributed by atoms with Gasteiger partial charge in [-0.05, 0) is 31.0 Å². The molecule has 0 bridgehead atoms. The molecule has 0 aromatic carbocycles. The number of nitrogens with zero attached hydrogens (tertiary/aromatic N) is 1. The van der Waals surface area contributed by atoms with Crippen LogP contribution in [0.5, 0.6) is 0 Å². The van der Waals surface area contributed by atoms with E-state index in [0.717, 1.165) is 63.0 Å². The average molecular weight is 340 g/mol. The number of ketones is 1. The van der Waals surface area contributed by atoms with Gasteiger partial charge in [-0.1, -0.05) is 13.8 Å². The molecule has 130 valence electrons. The van der Waals surface area contributed by atoms with E-state index in [2.05, 4.69) is 36.3 Å². The highest BCUT2D eigenvalue weighted by Gasteiger charge is 2.27. The van der Waals surface area contributed by atoms with Gasteiger partial charge < -0.3 is 20.4 Å². The number of hydrogen-bond donors (Lipinski definition) is 3. The number of nitrogens with one attached hydrogen (secondary N) is 3. The summed E-state index contributed by atoms with van der Waals surface area (Å²) in [6, 6.07) is 0. The van der Waals surface area contributed by atoms with Crippen LogP contribution in [-0.4, -0.2) is 61.6 Å². The molecule has 1 aliphatic heterocycles. The van der Waals surface area contributed by atoms with Gasteiger partial charge in [-0.25, -0.2) is 0 Å². The molecule has 0 aromatic heterocycles. The highest BCUT2D eigenvalue weighted by Crippen LogP contribution is 2.32. The monoisotopic (exact) mass is 339 g/mol. The lowest BCUT2D eigenvalue weighted by molar-refractivity contribution is -0.902. The van der Waals surface area contributed by atoms with Crippen molar-refractivity contribution in [2.75, 3.05) is 45.8 Å². The number of allylic oxidation sites excluding steroid dienone is 2. The van der Waals surface area contributed by atoms with Crippen LogP contribution in [0.1, 0.15) is 33.6 Å². The molecule has 0 atom stereocenters. The largest absolute Gasteiger partial charge is 0.383 e. The van der Waals surface area contributed by atoms with E-state index in [1.165, 1.54) is 0 Å². The number of thiocarbonyl (C=S) groups is 1. The Kier molecular flexibility index (Phi) is 6.41. The topological polar surface area (TPSA) is 48.8 Å². The Bertz CT molecular complexity index is 467. The first kappa shape index (κ1) is 18.2. The molecule has 5 nitrogen and oxygen atoms in total. The van der Waals surface area contributed by atoms with Gasteiger partial charge in [0.1, 0.15) is 0 Å². The summed E-state index contributed by atoms with van der Waals surface area (Å²) < 4.78 is 0. The Hall–Kier alpha value is -1.14. The Balaban J connectivity index is 1.68. The van der Waals surface area contributed by atoms with Crippen molar-refractivity contribution in [2.45, 2.75) is 33.6 Å². The molecule has 23 heavy (non-hydrogen) atoms. The van der Waals surface area contributed by atoms with Crippen LogP contribution < -0.4 is 15.5 Å². The Labute approximate surface area is 145 Å². The van der Waals surface area contributed by atoms with Gasteiger partial charge in [0.05, 0.1) is 39.3 Å². The van der Waals surface area contributed by atoms with Crippen molar-refractivity contribution in [3.8, 4) is 0 Å². The van der Waals surface area contributed by atoms with E-state index in [1.54, 1.807) is 11.0 Å². The summed E-state index contributed by atoms with van der Waals surface area (Å²) in [4.78, 5) is 15.6. The van der Waals surface area contributed by atoms with Crippen molar-refractivity contribution in [2.24, 2.45) is 5.41 Å². The fraction of sp³-hybridized carbons (Fsp3) is 0.765. The fourth-order valence-corrected chi connectivity index (χ4v) is 3.73. The average Bonchev–Trinajstić information content (AvgIpc) is 2.46. The number of carbonyl (C=O) groups excluding carboxylic acids is 1. The van der Waals surface area contributed by atoms with Crippen molar-refractivity contribution in [1.82, 2.24) is 15.5 Å². The zero-order chi connectivity index (χ0) is 16.9. The van der Waals surface area contributed by atoms with Gasteiger partial charge in [0.2, 0.25) is 0 Å². The molecule has 0 saturated carbocycles. The zero-order valence-corrected chi connectivity index (χ0v) is 15.5. The van der Waals surface area contributed by atoms with Crippen LogP contribution in [0.3, 0.4) is 0 Å². The minimum absolute atomic E-state index is 0.0919. The number of quaternary nitrogens is 1. The molecule has 1 saturated heterocycles. The SMILES string of the molecule is CCNC(=S)N1CC[NH+](CCNC2=CC(=O)CC(C)(C)C2)CC1. The summed E-state index contributed by atoms with van der Waals surface area (Å²) in [5.74, 6) is 0.252. The maximum absolute atomic E-state index is 11.8. The molecule has 0 spiro atoms. The van der Waals surface area contributed by atoms with Crippen LogP contribution in [0.25, 0.3) is 0 Å². The standard InChI is InChI=1S/C17H30N4OS/c1-4-18-16(23)21-9-7-20(8-10-21)6-5-19-14-11-15(22)13-17(2,3)12-14/h11,19H,4-10,12-13H2,1-3H3,(H,18,23)/p+1. The normalized spacial score (nSPS) is 21.8. The van der Waals surface area contributed by atoms with Gasteiger partial charge in [-0.3, -0.25) is 4.79 Å². The highest BCUT2D eigenvalue weighted by molar-refractivity contribution is 7.80. The van der Waals surface area contributed by atoms with Crippen molar-refractivity contribution in [3.63, 3.8) is 0 Å². The number of carbonyl (C=O) groups is 1. The molecule has 0 amide bonds. The van der Waals surface area contributed by atoms with Crippen LogP contribution in [0.15, 0.2) is 11.8 Å². The van der Waals surface area contributed by atoms with Crippen LogP contribution in [0.4, 0.5) is 0 Å². The molecule has 0 radical (unpaired) electrons. The summed E-state index contributed by atoms with van der Waals surface area (Å²) in [5, 5.41) is 7.59. The predicted octanol–water partition coefficient (Wildman–Crippen LogP) is -0.0561. The molecule has 6 heteroatoms. The van der Waals surface area contributed by atoms with Gasteiger partial charge in [-0.15, -0.1) is 0 Å². The summed E-state index contributed by atoms with van der Waals surface area (Å²) in [6.45, 7) is 13.6. The Morgan fingerprint density at radius 2 is 2.04 bits per heavy atom. The molecule has 0 aromatic rings. The lowest BCUT2D eigenvalue weighted by Crippen LogP contribution is -3.15. The van der Waals surface area contributed by atoms with E-state index >= 15 is 0 Å². The summed E-state index contributed by atoms with van der Waals surface area (Å²) in [7, 11) is 0. The lowest BCUT2D eigenvalue weighted by atomic mass is 9.79. The van der Waals surface area contributed by atoms with E-state index in [-0.39, 0.29) is 11.2 Å². The molecule has 1 heterocycles. The van der Waals surface area contributed by atoms with Crippen LogP contribution in [0, 0.1) is 5.41 Å². The van der Waals surface area contributed by atoms with Crippen molar-refractivity contribution in [3.05, 3.63) is 11.8 Å². The number of rotatable bonds is 5. The second-order valence-electron chi connectivity index (χ2n) is 7.40. The van der Waals surface area contributed by atoms with Crippen molar-refractivity contribution < 1.29 is 9.69 Å². The first-order chi connectivity index (χ1) is 10.9. The quantitative estimate of drug-likeness (QED) is 0.613. The minimum Gasteiger partial charge on any atom is -0.383 e. The third-order valence-corrected chi connectivity index (χ3v) is 4.98. The van der Waals surface area contributed by atoms with Gasteiger partial charge in [0, 0.05) is 24.7 Å². The smallest absolute Gasteiger partial charge is 0.169 e. The Morgan fingerprint density at radius 3 is 2.65 bits per heavy atom. The van der Waals surface area contributed by atoms with E-state index in [9.17, 15) is 4.79 Å². The highest BCUT2D eigenvalue weighted by atomic mass is 32.1. The summed E-state index contributed by atoms with van der Waals surface area (Å²) >= 11 is 5.37. The fourth-order valence-electron chi connectivity index (χ4n) is 3.40. The zero-order valence-electron chi connectivity index (χ0n) is 14.7. The third-order valence-electron chi connectivity index (χ3n) is 4.57. The van der Waals surface area contributed by atoms with Gasteiger partial charge >= 0.3 is 0 Å². The molecule has 0 unspecified atom stereocenters. The molecule has 2 rings (SSSR count). The first-order valence-electron chi connectivity index (χ1n) is 8.73. The predicted molar refractivity (Wildman–Crippen MR) is 97.5 cm³/mol. The van der Waals surface area contributed by atoms with E-state index in [0.29, 0.717) is 6.42 Å². The minimum atomic E-state index is 0.0919. The molecule has 3 N–H and O–H groups in total. The Morgan fingerprint density at radius 1 is 1.35 bits per heavy atom. The van der Waals surface area contributed by atoms with Crippen LogP contribution in [-0.2, 0) is 4.79 Å². The summed E-state index contributed by atoms with van der Waals surface area (Å²) in [5.41, 5.74) is 1.20. The van der Waals surface area contributed by atoms with Crippen LogP contribution >= 0.6 is 12.2 Å². The maximum Gasteiger partial charge on any atom is 0.169 e. The van der Waals surface area contributed by atoms with Crippen LogP contribution in [0.2, 0.25) is 0 Å². The molecular weight excluding hydrogens is 308 g/mol. The number of piperazine rings is 1. The number of hydrogen-bond acceptors (Lipinski definition) is 3.